The summed E-state index contributed by atoms with van der Waals surface area (Å²) >= 11 is 5.60. The topological polar surface area (TPSA) is 49.8 Å². The van der Waals surface area contributed by atoms with Crippen molar-refractivity contribution in [2.24, 2.45) is 5.92 Å². The van der Waals surface area contributed by atoms with Crippen LogP contribution in [0.25, 0.3) is 0 Å². The van der Waals surface area contributed by atoms with Crippen LogP contribution in [0.4, 0.5) is 30.6 Å². The molecule has 0 unspecified atom stereocenters. The van der Waals surface area contributed by atoms with Gasteiger partial charge in [-0.05, 0) is 36.6 Å². The maximum atomic E-state index is 12.9. The Morgan fingerprint density at radius 3 is 2.62 bits per heavy atom. The monoisotopic (exact) mass is 358 g/mol. The predicted octanol–water partition coefficient (Wildman–Crippen LogP) is 5.35. The van der Waals surface area contributed by atoms with Gasteiger partial charge < -0.3 is 10.6 Å². The number of benzene rings is 1. The third kappa shape index (κ3) is 5.26. The second-order valence-corrected chi connectivity index (χ2v) is 6.10. The van der Waals surface area contributed by atoms with Gasteiger partial charge in [0, 0.05) is 18.4 Å². The molecule has 4 nitrogen and oxygen atoms in total. The van der Waals surface area contributed by atoms with Gasteiger partial charge in [0.25, 0.3) is 0 Å². The molecule has 0 saturated carbocycles. The number of aromatic nitrogens is 2. The molecular weight excluding hydrogens is 341 g/mol. The van der Waals surface area contributed by atoms with Crippen LogP contribution in [-0.2, 0) is 6.18 Å². The Labute approximate surface area is 143 Å². The van der Waals surface area contributed by atoms with E-state index in [1.807, 2.05) is 0 Å². The molecule has 0 aliphatic heterocycles. The molecule has 2 N–H and O–H groups in total. The highest BCUT2D eigenvalue weighted by Crippen LogP contribution is 2.36. The largest absolute Gasteiger partial charge is 0.417 e. The molecule has 8 heteroatoms. The van der Waals surface area contributed by atoms with Crippen molar-refractivity contribution in [2.45, 2.75) is 26.4 Å². The number of nitrogens with one attached hydrogen (secondary N) is 2. The van der Waals surface area contributed by atoms with Gasteiger partial charge in [0.2, 0.25) is 5.95 Å². The fourth-order valence-electron chi connectivity index (χ4n) is 1.96. The van der Waals surface area contributed by atoms with Gasteiger partial charge in [-0.2, -0.15) is 18.2 Å². The van der Waals surface area contributed by atoms with Crippen molar-refractivity contribution in [1.82, 2.24) is 9.97 Å². The molecule has 0 saturated heterocycles. The first kappa shape index (κ1) is 18.3. The summed E-state index contributed by atoms with van der Waals surface area (Å²) in [5.41, 5.74) is -0.688. The van der Waals surface area contributed by atoms with Crippen LogP contribution < -0.4 is 10.6 Å². The van der Waals surface area contributed by atoms with Crippen LogP contribution in [0, 0.1) is 5.92 Å². The molecule has 1 heterocycles. The highest BCUT2D eigenvalue weighted by Gasteiger charge is 2.33. The predicted molar refractivity (Wildman–Crippen MR) is 89.7 cm³/mol. The second-order valence-electron chi connectivity index (χ2n) is 5.69. The summed E-state index contributed by atoms with van der Waals surface area (Å²) in [6, 6.07) is 5.27. The van der Waals surface area contributed by atoms with Crippen molar-refractivity contribution >= 4 is 29.1 Å². The number of hydrogen-bond donors (Lipinski definition) is 2. The highest BCUT2D eigenvalue weighted by molar-refractivity contribution is 6.31. The SMILES string of the molecule is CC(C)CCNc1ccnc(Nc2ccc(Cl)c(C(F)(F)F)c2)n1. The van der Waals surface area contributed by atoms with E-state index in [4.69, 9.17) is 11.6 Å². The fourth-order valence-corrected chi connectivity index (χ4v) is 2.18. The van der Waals surface area contributed by atoms with E-state index in [1.165, 1.54) is 18.3 Å². The van der Waals surface area contributed by atoms with Crippen molar-refractivity contribution in [3.05, 3.63) is 41.0 Å². The Kier molecular flexibility index (Phi) is 5.88. The van der Waals surface area contributed by atoms with Crippen molar-refractivity contribution in [3.63, 3.8) is 0 Å². The Morgan fingerprint density at radius 1 is 1.21 bits per heavy atom. The maximum Gasteiger partial charge on any atom is 0.417 e. The third-order valence-corrected chi connectivity index (χ3v) is 3.54. The zero-order chi connectivity index (χ0) is 17.7. The van der Waals surface area contributed by atoms with Crippen LogP contribution in [0.1, 0.15) is 25.8 Å². The summed E-state index contributed by atoms with van der Waals surface area (Å²) in [5, 5.41) is 5.57. The van der Waals surface area contributed by atoms with E-state index in [-0.39, 0.29) is 16.7 Å². The lowest BCUT2D eigenvalue weighted by Gasteiger charge is -2.12. The summed E-state index contributed by atoms with van der Waals surface area (Å²) in [6.07, 6.45) is -2.00. The van der Waals surface area contributed by atoms with E-state index in [2.05, 4.69) is 34.4 Å². The van der Waals surface area contributed by atoms with E-state index >= 15 is 0 Å². The molecule has 0 radical (unpaired) electrons. The average Bonchev–Trinajstić information content (AvgIpc) is 2.48. The minimum atomic E-state index is -4.52. The number of halogens is 4. The van der Waals surface area contributed by atoms with Gasteiger partial charge in [-0.1, -0.05) is 25.4 Å². The van der Waals surface area contributed by atoms with Crippen molar-refractivity contribution < 1.29 is 13.2 Å². The normalized spacial score (nSPS) is 11.6. The number of alkyl halides is 3. The molecule has 1 aromatic carbocycles. The zero-order valence-corrected chi connectivity index (χ0v) is 14.0. The van der Waals surface area contributed by atoms with Gasteiger partial charge in [-0.15, -0.1) is 0 Å². The molecule has 130 valence electrons. The van der Waals surface area contributed by atoms with Crippen molar-refractivity contribution in [2.75, 3.05) is 17.2 Å². The number of nitrogens with zero attached hydrogens (tertiary/aromatic N) is 2. The van der Waals surface area contributed by atoms with E-state index < -0.39 is 11.7 Å². The Hall–Kier alpha value is -2.02. The van der Waals surface area contributed by atoms with Crippen LogP contribution in [-0.4, -0.2) is 16.5 Å². The zero-order valence-electron chi connectivity index (χ0n) is 13.3. The molecule has 0 aliphatic rings. The molecular formula is C16H18ClF3N4. The molecule has 0 fully saturated rings. The first-order chi connectivity index (χ1) is 11.3. The van der Waals surface area contributed by atoms with Gasteiger partial charge in [0.15, 0.2) is 0 Å². The molecule has 24 heavy (non-hydrogen) atoms. The molecule has 2 rings (SSSR count). The van der Waals surface area contributed by atoms with E-state index in [0.717, 1.165) is 19.0 Å². The molecule has 0 atom stereocenters. The van der Waals surface area contributed by atoms with E-state index in [0.29, 0.717) is 11.7 Å². The summed E-state index contributed by atoms with van der Waals surface area (Å²) < 4.78 is 38.6. The minimum Gasteiger partial charge on any atom is -0.370 e. The smallest absolute Gasteiger partial charge is 0.370 e. The first-order valence-corrected chi connectivity index (χ1v) is 7.84. The molecule has 0 amide bonds. The van der Waals surface area contributed by atoms with Crippen LogP contribution >= 0.6 is 11.6 Å². The minimum absolute atomic E-state index is 0.208. The fraction of sp³-hybridized carbons (Fsp3) is 0.375. The summed E-state index contributed by atoms with van der Waals surface area (Å²) in [5.74, 6) is 1.38. The van der Waals surface area contributed by atoms with Gasteiger partial charge in [0.1, 0.15) is 5.82 Å². The highest BCUT2D eigenvalue weighted by atomic mass is 35.5. The molecule has 0 spiro atoms. The molecule has 1 aromatic heterocycles. The molecule has 0 bridgehead atoms. The Morgan fingerprint density at radius 2 is 1.96 bits per heavy atom. The lowest BCUT2D eigenvalue weighted by Crippen LogP contribution is -2.08. The molecule has 0 aliphatic carbocycles. The van der Waals surface area contributed by atoms with Crippen LogP contribution in [0.3, 0.4) is 0 Å². The van der Waals surface area contributed by atoms with Crippen LogP contribution in [0.15, 0.2) is 30.5 Å². The standard InChI is InChI=1S/C16H18ClF3N4/c1-10(2)5-7-21-14-6-8-22-15(24-14)23-11-3-4-13(17)12(9-11)16(18,19)20/h3-4,6,8-10H,5,7H2,1-2H3,(H2,21,22,23,24). The summed E-state index contributed by atoms with van der Waals surface area (Å²) in [7, 11) is 0. The Balaban J connectivity index is 2.11. The van der Waals surface area contributed by atoms with E-state index in [9.17, 15) is 13.2 Å². The maximum absolute atomic E-state index is 12.9. The lowest BCUT2D eigenvalue weighted by atomic mass is 10.1. The number of hydrogen-bond acceptors (Lipinski definition) is 4. The van der Waals surface area contributed by atoms with Crippen LogP contribution in [0.5, 0.6) is 0 Å². The van der Waals surface area contributed by atoms with Crippen molar-refractivity contribution in [1.29, 1.82) is 0 Å². The second kappa shape index (κ2) is 7.70. The summed E-state index contributed by atoms with van der Waals surface area (Å²) in [4.78, 5) is 8.25. The van der Waals surface area contributed by atoms with Crippen LogP contribution in [0.2, 0.25) is 5.02 Å². The van der Waals surface area contributed by atoms with Crippen molar-refractivity contribution in [3.8, 4) is 0 Å². The third-order valence-electron chi connectivity index (χ3n) is 3.21. The van der Waals surface area contributed by atoms with Gasteiger partial charge in [-0.25, -0.2) is 4.98 Å². The first-order valence-electron chi connectivity index (χ1n) is 7.46. The molecule has 2 aromatic rings. The van der Waals surface area contributed by atoms with E-state index in [1.54, 1.807) is 6.07 Å². The Bertz CT molecular complexity index is 689. The quantitative estimate of drug-likeness (QED) is 0.730. The van der Waals surface area contributed by atoms with Gasteiger partial charge in [0.05, 0.1) is 10.6 Å². The lowest BCUT2D eigenvalue weighted by molar-refractivity contribution is -0.137. The van der Waals surface area contributed by atoms with Gasteiger partial charge >= 0.3 is 6.18 Å². The number of anilines is 3. The average molecular weight is 359 g/mol. The van der Waals surface area contributed by atoms with Gasteiger partial charge in [-0.3, -0.25) is 0 Å². The number of rotatable bonds is 6. The summed E-state index contributed by atoms with van der Waals surface area (Å²) in [6.45, 7) is 4.99.